The largest absolute Gasteiger partial charge is 1.00 e. The summed E-state index contributed by atoms with van der Waals surface area (Å²) in [6.45, 7) is 25.8. The molecule has 0 spiro atoms. The van der Waals surface area contributed by atoms with Gasteiger partial charge in [0, 0.05) is 8.41 Å². The zero-order valence-corrected chi connectivity index (χ0v) is 97.4. The van der Waals surface area contributed by atoms with E-state index in [1.54, 1.807) is 32.3 Å². The third-order valence-corrected chi connectivity index (χ3v) is 43.7. The van der Waals surface area contributed by atoms with Crippen LogP contribution >= 0.6 is 82.1 Å². The van der Waals surface area contributed by atoms with Crippen LogP contribution in [-0.4, -0.2) is 177 Å². The van der Waals surface area contributed by atoms with Gasteiger partial charge in [-0.05, 0) is 26.2 Å². The average molecular weight is 2140 g/mol. The van der Waals surface area contributed by atoms with Crippen LogP contribution in [-0.2, 0) is 117 Å². The van der Waals surface area contributed by atoms with Gasteiger partial charge in [-0.25, -0.2) is 0 Å². The molecule has 5 aliphatic carbocycles. The van der Waals surface area contributed by atoms with Gasteiger partial charge in [-0.3, -0.25) is 0 Å². The molecular formula is C102H142B6NaO20P10Si2. The van der Waals surface area contributed by atoms with Crippen LogP contribution in [0, 0.1) is 81.8 Å². The van der Waals surface area contributed by atoms with Crippen LogP contribution in [0.15, 0.2) is 212 Å². The van der Waals surface area contributed by atoms with Crippen molar-refractivity contribution in [2.45, 2.75) is 267 Å². The molecule has 34 atom stereocenters. The Morgan fingerprint density at radius 2 is 0.567 bits per heavy atom. The second-order valence-corrected chi connectivity index (χ2v) is 60.0. The third kappa shape index (κ3) is 43.4. The summed E-state index contributed by atoms with van der Waals surface area (Å²) in [6.07, 6.45) is 35.7. The van der Waals surface area contributed by atoms with E-state index in [9.17, 15) is 71.4 Å². The molecule has 20 nitrogen and oxygen atoms in total. The van der Waals surface area contributed by atoms with Gasteiger partial charge >= 0.3 is 801 Å². The number of aliphatic hydroxyl groups is 2. The first-order chi connectivity index (χ1) is 66.7. The normalized spacial score (nSPS) is 27.8. The Bertz CT molecular complexity index is 4670. The Morgan fingerprint density at radius 3 is 0.787 bits per heavy atom. The van der Waals surface area contributed by atoms with Crippen molar-refractivity contribution < 1.29 is 126 Å². The number of esters is 5. The molecular weight excluding hydrogens is 2000 g/mol. The SMILES string of the molecule is CC(C)(C)[C@@H](/C=C/[C@@H]1[C@H]2CC(=O)O[C@H]2C[C@H]1PPB=O)CCc1ccccc1.CC(C)(C)[C@H](/C=C/[C@@H]1[C@H]2CC(=O)O[C@H]2C[C@H]1PPB=O)CCc1ccccc1.C[Si](C)=O.C[Si](C)=O.O=BPP[C@@H]1C[C@@H]2OC(=O)C[C@@H]2[C@H]1/C=C/C(=O)CCc1ccccc1.O=BPP[C@@H]1C[C@@H]2OC(=O)C[C@@H]2[C@H]1/C=C/[C@@H](O)CCc1ccccc1.O=BPP[C@@H]1C[C@@H]2OC(=O)C[C@@H]2[C@H]1/C=C/[C@H](O)CCc1ccccc1.[B].[H-].[Na+]. The van der Waals surface area contributed by atoms with Crippen LogP contribution in [0.25, 0.3) is 0 Å². The molecule has 0 aromatic heterocycles. The molecule has 5 saturated heterocycles. The Labute approximate surface area is 885 Å². The minimum Gasteiger partial charge on any atom is -1.00 e. The van der Waals surface area contributed by atoms with Crippen molar-refractivity contribution in [2.24, 2.45) is 81.8 Å². The molecule has 5 aromatic carbocycles. The first kappa shape index (κ1) is 124. The topological polar surface area (TPSA) is 309 Å². The number of benzene rings is 5. The van der Waals surface area contributed by atoms with Gasteiger partial charge in [-0.1, -0.05) is 30.3 Å². The van der Waals surface area contributed by atoms with E-state index in [2.05, 4.69) is 163 Å². The zero-order chi connectivity index (χ0) is 100. The van der Waals surface area contributed by atoms with Crippen LogP contribution in [0.1, 0.15) is 167 Å². The molecule has 3 radical (unpaired) electrons. The first-order valence-electron chi connectivity index (χ1n) is 48.9. The van der Waals surface area contributed by atoms with Gasteiger partial charge in [0.2, 0.25) is 0 Å². The molecule has 2 N–H and O–H groups in total. The Kier molecular flexibility index (Phi) is 58.4. The van der Waals surface area contributed by atoms with E-state index in [1.165, 1.54) is 22.3 Å². The van der Waals surface area contributed by atoms with E-state index >= 15 is 0 Å². The Hall–Kier alpha value is -3.54. The maximum atomic E-state index is 12.2. The fraction of sp³-hybridized carbons (Fsp3) is 0.549. The number of rotatable bonds is 40. The molecule has 10 fully saturated rings. The zero-order valence-electron chi connectivity index (χ0n) is 84.4. The number of carbonyl (C=O) groups excluding carboxylic acids is 6. The van der Waals surface area contributed by atoms with Gasteiger partial charge in [0.1, 0.15) is 0 Å². The summed E-state index contributed by atoms with van der Waals surface area (Å²) in [6, 6.07) is 51.6. The maximum Gasteiger partial charge on any atom is 1.00 e. The van der Waals surface area contributed by atoms with Crippen LogP contribution in [0.5, 0.6) is 0 Å². The molecule has 10 unspecified atom stereocenters. The number of carbonyl (C=O) groups is 6. The molecule has 5 aliphatic heterocycles. The van der Waals surface area contributed by atoms with Gasteiger partial charge in [-0.2, -0.15) is 0 Å². The molecule has 0 amide bonds. The third-order valence-electron chi connectivity index (χ3n) is 27.5. The smallest absolute Gasteiger partial charge is 1.00 e. The van der Waals surface area contributed by atoms with Gasteiger partial charge in [0.25, 0.3) is 17.4 Å². The summed E-state index contributed by atoms with van der Waals surface area (Å²) in [5.74, 6) is 3.13. The Morgan fingerprint density at radius 1 is 0.362 bits per heavy atom. The summed E-state index contributed by atoms with van der Waals surface area (Å²) >= 11 is 0. The van der Waals surface area contributed by atoms with E-state index in [-0.39, 0.29) is 152 Å². The number of fused-ring (bicyclic) bond motifs is 5. The maximum absolute atomic E-state index is 12.2. The number of allylic oxidation sites excluding steroid dienone is 8. The summed E-state index contributed by atoms with van der Waals surface area (Å²) in [5, 5.41) is 20.6. The van der Waals surface area contributed by atoms with Gasteiger partial charge in [-0.15, -0.1) is 0 Å². The van der Waals surface area contributed by atoms with Crippen LogP contribution in [0.3, 0.4) is 0 Å². The fourth-order valence-corrected chi connectivity index (χ4v) is 35.3. The minimum atomic E-state index is -1.13. The molecule has 747 valence electrons. The van der Waals surface area contributed by atoms with Crippen LogP contribution < -0.4 is 29.6 Å². The second kappa shape index (κ2) is 66.2. The van der Waals surface area contributed by atoms with Crippen molar-refractivity contribution in [1.82, 2.24) is 0 Å². The summed E-state index contributed by atoms with van der Waals surface area (Å²) < 4.78 is 101. The van der Waals surface area contributed by atoms with E-state index in [0.717, 1.165) is 117 Å². The minimum absolute atomic E-state index is 0. The molecule has 10 aliphatic rings. The van der Waals surface area contributed by atoms with Gasteiger partial charge < -0.3 is 10.4 Å². The number of ether oxygens (including phenoxy) is 5. The summed E-state index contributed by atoms with van der Waals surface area (Å²) in [4.78, 5) is 70.5. The Balaban J connectivity index is 0.000000265. The monoisotopic (exact) mass is 2140 g/mol. The number of aryl methyl sites for hydroxylation is 5. The van der Waals surface area contributed by atoms with E-state index < -0.39 is 29.6 Å². The quantitative estimate of drug-likeness (QED) is 0.00919. The van der Waals surface area contributed by atoms with E-state index in [0.29, 0.717) is 197 Å². The fourth-order valence-electron chi connectivity index (χ4n) is 20.5. The molecule has 5 saturated carbocycles. The predicted molar refractivity (Wildman–Crippen MR) is 590 cm³/mol. The van der Waals surface area contributed by atoms with Crippen molar-refractivity contribution in [2.75, 3.05) is 0 Å². The first-order valence-corrected chi connectivity index (χ1v) is 69.5. The summed E-state index contributed by atoms with van der Waals surface area (Å²) in [5.41, 5.74) is 8.84. The van der Waals surface area contributed by atoms with Crippen molar-refractivity contribution in [3.8, 4) is 0 Å². The van der Waals surface area contributed by atoms with Gasteiger partial charge in [0.15, 0.2) is 0 Å². The van der Waals surface area contributed by atoms with Crippen molar-refractivity contribution in [3.05, 3.63) is 240 Å². The second-order valence-electron chi connectivity index (χ2n) is 40.0. The molecule has 39 heteroatoms. The number of hydrogen-bond donors (Lipinski definition) is 2. The van der Waals surface area contributed by atoms with Crippen LogP contribution in [0.2, 0.25) is 26.2 Å². The van der Waals surface area contributed by atoms with Crippen LogP contribution in [0.4, 0.5) is 0 Å². The van der Waals surface area contributed by atoms with Crippen molar-refractivity contribution in [1.29, 1.82) is 0 Å². The average Bonchev–Trinajstić information content (AvgIpc) is 1.64. The van der Waals surface area contributed by atoms with Crippen molar-refractivity contribution >= 4 is 178 Å². The molecule has 15 rings (SSSR count). The van der Waals surface area contributed by atoms with E-state index in [1.807, 2.05) is 85.0 Å². The number of aliphatic hydroxyl groups excluding tert-OH is 2. The molecule has 0 bridgehead atoms. The number of ketones is 1. The van der Waals surface area contributed by atoms with Crippen molar-refractivity contribution in [3.63, 3.8) is 0 Å². The summed E-state index contributed by atoms with van der Waals surface area (Å²) in [7, 11) is 2.47. The number of hydrogen-bond acceptors (Lipinski definition) is 20. The van der Waals surface area contributed by atoms with Gasteiger partial charge in [0.05, 0.1) is 0 Å². The molecule has 5 aromatic rings. The standard InChI is InChI=1S/2C22H31BO3P2.2C18H23BO4P2.C18H21BO4P2.2C2H6OSi.B.Na.H/c2*1-22(2,3)16(10-9-15-7-5-4-6-8-15)11-12-17-18-13-21(24)26-19(18)14-20(17)27-28-23-25;3*20-13(7-6-12-4-2-1-3-5-12)8-9-14-15-10-18(21)23-16(15)11-17(14)24-25-19-22;2*1-4(2)3;;;/h2*4-8,11-12,16-20,27-28H,9-10,13-14H2,1-3H3;2*1-5,8-9,13-17,20,24-25H,6-7,10-11H2;1-5,8-9,14-17,24-25H,6-7,10-11H2;2*1-2H3;;;/q;;;;;;;;+1;-1/b2*12-11+;3*9-8+;;;;;/t16-,17+,18+,19-,20+;16-,17-,18-,19+,20-;13-,14+,15+,16-,17+;13-,14-,15-,16+,17-;14-,15-,16+,17-;;;;;/m01011...../s1. The molecule has 141 heavy (non-hydrogen) atoms. The predicted octanol–water partition coefficient (Wildman–Crippen LogP) is 18.3. The van der Waals surface area contributed by atoms with E-state index in [4.69, 9.17) is 23.7 Å². The molecule has 5 heterocycles.